The summed E-state index contributed by atoms with van der Waals surface area (Å²) in [4.78, 5) is 15.1. The summed E-state index contributed by atoms with van der Waals surface area (Å²) >= 11 is 0. The summed E-state index contributed by atoms with van der Waals surface area (Å²) in [6.45, 7) is 7.02. The normalized spacial score (nSPS) is 20.0. The molecule has 2 aromatic rings. The number of fused-ring (bicyclic) bond motifs is 2. The van der Waals surface area contributed by atoms with E-state index in [1.165, 1.54) is 78.3 Å². The van der Waals surface area contributed by atoms with E-state index in [9.17, 15) is 18.0 Å². The number of nitrogens with zero attached hydrogens (tertiary/aromatic N) is 2. The molecule has 4 nitrogen and oxygen atoms in total. The van der Waals surface area contributed by atoms with E-state index in [2.05, 4.69) is 94.3 Å². The number of aryl methyl sites for hydroxylation is 1. The second-order valence-corrected chi connectivity index (χ2v) is 14.1. The standard InChI is InChI=1S/C28H31N2S.C3H3F3O2/c1-20-8-4-5-9-23(20)28-24-12-10-21(29-14-6-15-29)18-26(24)31(2,3)27-19-22(11-13-25(27)28)30-16-7-17-30;1-8-2(7)3(4,5)6/h4-5,8-13,18-19H,6-7,14-17H2,1-3H3;1H3/q+1;. The second-order valence-electron chi connectivity index (χ2n) is 10.5. The largest absolute Gasteiger partial charge is 0.490 e. The number of allylic oxidation sites excluding steroid dienone is 4. The lowest BCUT2D eigenvalue weighted by atomic mass is 9.87. The SMILES string of the molecule is COC(=O)C(F)(F)F.Cc1ccccc1C1=C2C=CC(=[N+]3CCC3)C=C2S(C)(C)c2cc(N3CCC3)ccc21. The number of halogens is 3. The number of ether oxygens (including phenoxy) is 1. The summed E-state index contributed by atoms with van der Waals surface area (Å²) in [6.07, 6.45) is 10.1. The van der Waals surface area contributed by atoms with Crippen molar-refractivity contribution in [2.24, 2.45) is 0 Å². The molecule has 0 unspecified atom stereocenters. The number of esters is 1. The fourth-order valence-corrected chi connectivity index (χ4v) is 7.85. The fraction of sp³-hybridized carbons (Fsp3) is 0.355. The van der Waals surface area contributed by atoms with Gasteiger partial charge in [-0.25, -0.2) is 9.37 Å². The molecule has 0 radical (unpaired) electrons. The van der Waals surface area contributed by atoms with Gasteiger partial charge in [0.1, 0.15) is 13.1 Å². The molecule has 3 aliphatic heterocycles. The highest BCUT2D eigenvalue weighted by Gasteiger charge is 2.40. The summed E-state index contributed by atoms with van der Waals surface area (Å²) in [7, 11) is -0.433. The van der Waals surface area contributed by atoms with Gasteiger partial charge in [0.05, 0.1) is 13.5 Å². The van der Waals surface area contributed by atoms with Gasteiger partial charge in [0.2, 0.25) is 5.71 Å². The second kappa shape index (κ2) is 10.4. The number of carbonyl (C=O) groups excluding carboxylic acids is 1. The number of hydrogen-bond donors (Lipinski definition) is 0. The molecule has 0 aromatic heterocycles. The first-order valence-corrected chi connectivity index (χ1v) is 15.6. The number of anilines is 1. The zero-order chi connectivity index (χ0) is 27.9. The van der Waals surface area contributed by atoms with Crippen LogP contribution in [-0.2, 0) is 9.53 Å². The predicted molar refractivity (Wildman–Crippen MR) is 153 cm³/mol. The number of hydrogen-bond acceptors (Lipinski definition) is 3. The first-order chi connectivity index (χ1) is 18.5. The van der Waals surface area contributed by atoms with Crippen LogP contribution in [0, 0.1) is 6.92 Å². The molecular weight excluding hydrogens is 521 g/mol. The van der Waals surface area contributed by atoms with Crippen LogP contribution in [-0.4, -0.2) is 68.2 Å². The summed E-state index contributed by atoms with van der Waals surface area (Å²) in [6, 6.07) is 16.2. The smallest absolute Gasteiger partial charge is 0.462 e. The average molecular weight is 556 g/mol. The summed E-state index contributed by atoms with van der Waals surface area (Å²) < 4.78 is 38.8. The minimum atomic E-state index is -4.85. The molecule has 0 amide bonds. The van der Waals surface area contributed by atoms with Crippen molar-refractivity contribution >= 4 is 33.0 Å². The lowest BCUT2D eigenvalue weighted by molar-refractivity contribution is -0.582. The molecule has 3 heterocycles. The van der Waals surface area contributed by atoms with E-state index in [1.54, 1.807) is 9.80 Å². The maximum atomic E-state index is 11.0. The van der Waals surface area contributed by atoms with E-state index in [1.807, 2.05) is 0 Å². The topological polar surface area (TPSA) is 32.6 Å². The zero-order valence-corrected chi connectivity index (χ0v) is 23.6. The number of methoxy groups -OCH3 is 1. The van der Waals surface area contributed by atoms with Crippen LogP contribution in [0.25, 0.3) is 5.57 Å². The third kappa shape index (κ3) is 5.07. The summed E-state index contributed by atoms with van der Waals surface area (Å²) in [5.41, 5.74) is 9.80. The Labute approximate surface area is 229 Å². The third-order valence-corrected chi connectivity index (χ3v) is 10.7. The highest BCUT2D eigenvalue weighted by atomic mass is 32.3. The summed E-state index contributed by atoms with van der Waals surface area (Å²) in [5.74, 6) is -2.17. The van der Waals surface area contributed by atoms with Gasteiger partial charge in [-0.2, -0.15) is 23.2 Å². The van der Waals surface area contributed by atoms with Crippen molar-refractivity contribution in [3.05, 3.63) is 87.9 Å². The third-order valence-electron chi connectivity index (χ3n) is 7.84. The molecule has 39 heavy (non-hydrogen) atoms. The number of alkyl halides is 3. The zero-order valence-electron chi connectivity index (χ0n) is 22.8. The molecule has 0 bridgehead atoms. The van der Waals surface area contributed by atoms with Crippen molar-refractivity contribution in [1.29, 1.82) is 0 Å². The molecule has 0 N–H and O–H groups in total. The van der Waals surface area contributed by atoms with Gasteiger partial charge < -0.3 is 9.64 Å². The molecule has 0 spiro atoms. The molecule has 2 fully saturated rings. The Kier molecular flexibility index (Phi) is 7.27. The van der Waals surface area contributed by atoms with Crippen molar-refractivity contribution in [2.75, 3.05) is 50.7 Å². The fourth-order valence-electron chi connectivity index (χ4n) is 5.34. The van der Waals surface area contributed by atoms with Crippen molar-refractivity contribution in [3.63, 3.8) is 0 Å². The van der Waals surface area contributed by atoms with Crippen LogP contribution in [0.3, 0.4) is 0 Å². The van der Waals surface area contributed by atoms with Gasteiger partial charge in [-0.3, -0.25) is 0 Å². The van der Waals surface area contributed by atoms with Crippen molar-refractivity contribution in [3.8, 4) is 0 Å². The number of carbonyl (C=O) groups is 1. The highest BCUT2D eigenvalue weighted by Crippen LogP contribution is 2.66. The van der Waals surface area contributed by atoms with Crippen LogP contribution in [0.15, 0.2) is 76.1 Å². The van der Waals surface area contributed by atoms with Crippen molar-refractivity contribution in [2.45, 2.75) is 30.8 Å². The van der Waals surface area contributed by atoms with E-state index in [-0.39, 0.29) is 0 Å². The van der Waals surface area contributed by atoms with Crippen LogP contribution in [0.1, 0.15) is 29.5 Å². The first kappa shape index (κ1) is 27.3. The molecule has 1 aliphatic carbocycles. The Balaban J connectivity index is 0.000000339. The van der Waals surface area contributed by atoms with Crippen molar-refractivity contribution in [1.82, 2.24) is 0 Å². The van der Waals surface area contributed by atoms with Crippen LogP contribution in [0.5, 0.6) is 0 Å². The molecular formula is C31H34F3N2O2S+. The minimum absolute atomic E-state index is 0.676. The van der Waals surface area contributed by atoms with E-state index in [0.29, 0.717) is 7.11 Å². The lowest BCUT2D eigenvalue weighted by Crippen LogP contribution is -2.37. The van der Waals surface area contributed by atoms with E-state index >= 15 is 0 Å². The van der Waals surface area contributed by atoms with Crippen LogP contribution in [0.2, 0.25) is 0 Å². The Morgan fingerprint density at radius 1 is 1.00 bits per heavy atom. The van der Waals surface area contributed by atoms with Gasteiger partial charge in [-0.15, -0.1) is 0 Å². The van der Waals surface area contributed by atoms with Gasteiger partial charge in [0.15, 0.2) is 0 Å². The molecule has 2 saturated heterocycles. The Morgan fingerprint density at radius 3 is 2.26 bits per heavy atom. The van der Waals surface area contributed by atoms with Gasteiger partial charge in [-0.1, -0.05) is 30.3 Å². The maximum absolute atomic E-state index is 11.0. The Hall–Kier alpha value is -3.26. The Bertz CT molecular complexity index is 1440. The predicted octanol–water partition coefficient (Wildman–Crippen LogP) is 6.48. The van der Waals surface area contributed by atoms with Gasteiger partial charge >= 0.3 is 12.1 Å². The van der Waals surface area contributed by atoms with E-state index < -0.39 is 22.2 Å². The van der Waals surface area contributed by atoms with Gasteiger partial charge in [-0.05, 0) is 71.9 Å². The first-order valence-electron chi connectivity index (χ1n) is 13.1. The van der Waals surface area contributed by atoms with Gasteiger partial charge in [0.25, 0.3) is 0 Å². The highest BCUT2D eigenvalue weighted by molar-refractivity contribution is 8.36. The molecule has 6 rings (SSSR count). The monoisotopic (exact) mass is 555 g/mol. The van der Waals surface area contributed by atoms with E-state index in [4.69, 9.17) is 0 Å². The molecule has 0 atom stereocenters. The molecule has 206 valence electrons. The summed E-state index contributed by atoms with van der Waals surface area (Å²) in [5, 5.41) is 0. The molecule has 0 saturated carbocycles. The number of rotatable bonds is 2. The van der Waals surface area contributed by atoms with E-state index in [0.717, 1.165) is 0 Å². The van der Waals surface area contributed by atoms with Crippen LogP contribution < -0.4 is 4.90 Å². The maximum Gasteiger partial charge on any atom is 0.490 e. The molecule has 2 aromatic carbocycles. The van der Waals surface area contributed by atoms with Crippen molar-refractivity contribution < 1.29 is 27.3 Å². The number of benzene rings is 2. The lowest BCUT2D eigenvalue weighted by Gasteiger charge is -2.44. The minimum Gasteiger partial charge on any atom is -0.462 e. The quantitative estimate of drug-likeness (QED) is 0.314. The molecule has 8 heteroatoms. The average Bonchev–Trinajstić information content (AvgIpc) is 2.83. The van der Waals surface area contributed by atoms with Gasteiger partial charge in [0, 0.05) is 40.7 Å². The Morgan fingerprint density at radius 2 is 1.72 bits per heavy atom. The van der Waals surface area contributed by atoms with Crippen LogP contribution in [0.4, 0.5) is 18.9 Å². The van der Waals surface area contributed by atoms with Crippen LogP contribution >= 0.6 is 10.0 Å². The molecule has 4 aliphatic rings.